The number of ether oxygens (including phenoxy) is 2. The summed E-state index contributed by atoms with van der Waals surface area (Å²) >= 11 is 0. The molecule has 1 aliphatic heterocycles. The Hall–Kier alpha value is -3.23. The van der Waals surface area contributed by atoms with Gasteiger partial charge in [-0.2, -0.15) is 5.10 Å². The van der Waals surface area contributed by atoms with E-state index >= 15 is 0 Å². The van der Waals surface area contributed by atoms with Gasteiger partial charge in [-0.15, -0.1) is 0 Å². The van der Waals surface area contributed by atoms with Gasteiger partial charge in [0.15, 0.2) is 6.10 Å². The molecule has 5 rings (SSSR count). The molecule has 178 valence electrons. The maximum Gasteiger partial charge on any atom is 0.332 e. The number of aliphatic carboxylic acids is 1. The lowest BCUT2D eigenvalue weighted by Crippen LogP contribution is -2.33. The molecule has 2 aromatic heterocycles. The van der Waals surface area contributed by atoms with E-state index in [1.807, 2.05) is 0 Å². The number of carbonyl (C=O) groups is 1. The Morgan fingerprint density at radius 2 is 2.06 bits per heavy atom. The molecule has 2 N–H and O–H groups in total. The van der Waals surface area contributed by atoms with Gasteiger partial charge in [0.1, 0.15) is 5.82 Å². The Balaban J connectivity index is 1.81. The molecule has 3 heterocycles. The van der Waals surface area contributed by atoms with Gasteiger partial charge in [0.2, 0.25) is 0 Å². The molecular weight excluding hydrogens is 437 g/mol. The van der Waals surface area contributed by atoms with Crippen molar-refractivity contribution >= 4 is 27.8 Å². The summed E-state index contributed by atoms with van der Waals surface area (Å²) in [6.45, 7) is 5.05. The number of rotatable bonds is 6. The number of aromatic nitrogens is 3. The van der Waals surface area contributed by atoms with Crippen LogP contribution in [-0.4, -0.2) is 52.3 Å². The highest BCUT2D eigenvalue weighted by atomic mass is 19.1. The van der Waals surface area contributed by atoms with Crippen LogP contribution in [-0.2, 0) is 19.7 Å². The van der Waals surface area contributed by atoms with Gasteiger partial charge in [0, 0.05) is 40.6 Å². The van der Waals surface area contributed by atoms with E-state index in [0.717, 1.165) is 38.8 Å². The average molecular weight is 466 g/mol. The second-order valence-electron chi connectivity index (χ2n) is 9.65. The Morgan fingerprint density at radius 3 is 2.71 bits per heavy atom. The number of hydrogen-bond donors (Lipinski definition) is 2. The molecule has 0 radical (unpaired) electrons. The van der Waals surface area contributed by atoms with E-state index in [-0.39, 0.29) is 11.7 Å². The highest BCUT2D eigenvalue weighted by Gasteiger charge is 2.37. The molecule has 0 spiro atoms. The Labute approximate surface area is 196 Å². The van der Waals surface area contributed by atoms with Crippen molar-refractivity contribution in [1.29, 1.82) is 0 Å². The van der Waals surface area contributed by atoms with Gasteiger partial charge in [-0.05, 0) is 54.8 Å². The fraction of sp³-hybridized carbons (Fsp3) is 0.385. The molecule has 34 heavy (non-hydrogen) atoms. The number of methoxy groups -OCH3 is 1. The van der Waals surface area contributed by atoms with Crippen LogP contribution in [0.4, 0.5) is 4.39 Å². The summed E-state index contributed by atoms with van der Waals surface area (Å²) in [7, 11) is 1.68. The van der Waals surface area contributed by atoms with Crippen LogP contribution in [0.3, 0.4) is 0 Å². The maximum atomic E-state index is 13.8. The number of H-pyrrole nitrogens is 1. The van der Waals surface area contributed by atoms with Crippen molar-refractivity contribution in [2.45, 2.75) is 44.1 Å². The number of hydrogen-bond acceptors (Lipinski definition) is 4. The monoisotopic (exact) mass is 465 g/mol. The van der Waals surface area contributed by atoms with E-state index in [1.165, 1.54) is 12.1 Å². The second kappa shape index (κ2) is 8.52. The lowest BCUT2D eigenvalue weighted by Gasteiger charge is -2.32. The first-order valence-corrected chi connectivity index (χ1v) is 11.4. The maximum absolute atomic E-state index is 13.8. The number of carboxylic acid groups (broad SMARTS) is 1. The molecule has 0 saturated carbocycles. The summed E-state index contributed by atoms with van der Waals surface area (Å²) in [6, 6.07) is 10.7. The molecule has 7 nitrogen and oxygen atoms in total. The predicted molar refractivity (Wildman–Crippen MR) is 127 cm³/mol. The van der Waals surface area contributed by atoms with Crippen LogP contribution in [0.25, 0.3) is 27.5 Å². The zero-order valence-electron chi connectivity index (χ0n) is 19.5. The van der Waals surface area contributed by atoms with Gasteiger partial charge in [0.25, 0.3) is 0 Å². The third-order valence-corrected chi connectivity index (χ3v) is 6.76. The fourth-order valence-electron chi connectivity index (χ4n) is 5.29. The molecule has 0 aliphatic carbocycles. The van der Waals surface area contributed by atoms with Crippen molar-refractivity contribution in [1.82, 2.24) is 14.8 Å². The molecular formula is C26H28FN3O4. The summed E-state index contributed by atoms with van der Waals surface area (Å²) < 4.78 is 27.4. The molecule has 4 aromatic rings. The van der Waals surface area contributed by atoms with Crippen LogP contribution in [0.2, 0.25) is 0 Å². The quantitative estimate of drug-likeness (QED) is 0.422. The first-order chi connectivity index (χ1) is 16.3. The van der Waals surface area contributed by atoms with E-state index in [9.17, 15) is 14.3 Å². The minimum absolute atomic E-state index is 0.00583. The smallest absolute Gasteiger partial charge is 0.332 e. The Bertz CT molecular complexity index is 1350. The third-order valence-electron chi connectivity index (χ3n) is 6.76. The molecule has 1 saturated heterocycles. The molecule has 1 aliphatic rings. The van der Waals surface area contributed by atoms with E-state index in [4.69, 9.17) is 9.47 Å². The minimum Gasteiger partial charge on any atom is -0.479 e. The number of nitrogens with zero attached hydrogens (tertiary/aromatic N) is 2. The third kappa shape index (κ3) is 3.76. The van der Waals surface area contributed by atoms with Crippen LogP contribution < -0.4 is 0 Å². The number of benzene rings is 2. The lowest BCUT2D eigenvalue weighted by molar-refractivity contribution is -0.153. The first kappa shape index (κ1) is 22.6. The number of halogens is 1. The summed E-state index contributed by atoms with van der Waals surface area (Å²) in [5, 5.41) is 18.7. The van der Waals surface area contributed by atoms with E-state index < -0.39 is 17.5 Å². The van der Waals surface area contributed by atoms with E-state index in [1.54, 1.807) is 25.4 Å². The van der Waals surface area contributed by atoms with Crippen LogP contribution in [0.5, 0.6) is 0 Å². The van der Waals surface area contributed by atoms with Crippen molar-refractivity contribution in [2.24, 2.45) is 0 Å². The normalized spacial score (nSPS) is 19.2. The Morgan fingerprint density at radius 1 is 1.29 bits per heavy atom. The summed E-state index contributed by atoms with van der Waals surface area (Å²) in [5.41, 5.74) is 4.52. The van der Waals surface area contributed by atoms with Gasteiger partial charge in [-0.3, -0.25) is 5.10 Å². The predicted octanol–water partition coefficient (Wildman–Crippen LogP) is 4.92. The fourth-order valence-corrected chi connectivity index (χ4v) is 5.29. The van der Waals surface area contributed by atoms with Crippen molar-refractivity contribution in [3.8, 4) is 5.69 Å². The van der Waals surface area contributed by atoms with Crippen LogP contribution in [0.15, 0.2) is 42.6 Å². The van der Waals surface area contributed by atoms with Crippen molar-refractivity contribution in [2.75, 3.05) is 20.3 Å². The highest BCUT2D eigenvalue weighted by molar-refractivity contribution is 5.99. The van der Waals surface area contributed by atoms with Gasteiger partial charge >= 0.3 is 5.97 Å². The topological polar surface area (TPSA) is 89.4 Å². The van der Waals surface area contributed by atoms with Gasteiger partial charge in [-0.1, -0.05) is 13.8 Å². The number of aromatic amines is 1. The van der Waals surface area contributed by atoms with Crippen LogP contribution in [0, 0.1) is 5.82 Å². The molecule has 8 heteroatoms. The second-order valence-corrected chi connectivity index (χ2v) is 9.65. The van der Waals surface area contributed by atoms with Crippen molar-refractivity contribution < 1.29 is 23.8 Å². The Kier molecular flexibility index (Phi) is 5.65. The molecule has 1 unspecified atom stereocenters. The highest BCUT2D eigenvalue weighted by Crippen LogP contribution is 2.44. The largest absolute Gasteiger partial charge is 0.479 e. The van der Waals surface area contributed by atoms with E-state index in [2.05, 4.69) is 40.7 Å². The summed E-state index contributed by atoms with van der Waals surface area (Å²) in [5.74, 6) is -1.21. The molecule has 0 bridgehead atoms. The van der Waals surface area contributed by atoms with Crippen molar-refractivity contribution in [3.05, 3.63) is 59.7 Å². The standard InChI is InChI=1S/C26H28FN3O4/c1-26(2,14-33-3)24-23(15-4-9-22(25(31)32)34-13-15)19-11-20-16(12-28-29-20)10-21(19)30(24)18-7-5-17(27)6-8-18/h5-8,10-12,15,22H,4,9,13-14H2,1-3H3,(H,28,29)(H,31,32)/t15-,22?/m0/s1. The minimum atomic E-state index is -0.925. The van der Waals surface area contributed by atoms with Crippen molar-refractivity contribution in [3.63, 3.8) is 0 Å². The van der Waals surface area contributed by atoms with E-state index in [0.29, 0.717) is 26.1 Å². The number of nitrogens with one attached hydrogen (secondary N) is 1. The SMILES string of the molecule is COCC(C)(C)c1c([C@H]2CCC(C(=O)O)OC2)c2cc3[nH]ncc3cc2n1-c1ccc(F)cc1. The van der Waals surface area contributed by atoms with Gasteiger partial charge < -0.3 is 19.1 Å². The van der Waals surface area contributed by atoms with Gasteiger partial charge in [0.05, 0.1) is 30.4 Å². The summed E-state index contributed by atoms with van der Waals surface area (Å²) in [6.07, 6.45) is 2.14. The zero-order chi connectivity index (χ0) is 24.0. The molecule has 1 fully saturated rings. The van der Waals surface area contributed by atoms with Crippen LogP contribution >= 0.6 is 0 Å². The van der Waals surface area contributed by atoms with Crippen LogP contribution in [0.1, 0.15) is 43.9 Å². The first-order valence-electron chi connectivity index (χ1n) is 11.4. The lowest BCUT2D eigenvalue weighted by atomic mass is 9.80. The number of fused-ring (bicyclic) bond motifs is 2. The number of carboxylic acids is 1. The zero-order valence-corrected chi connectivity index (χ0v) is 19.5. The molecule has 2 aromatic carbocycles. The molecule has 2 atom stereocenters. The van der Waals surface area contributed by atoms with Gasteiger partial charge in [-0.25, -0.2) is 9.18 Å². The average Bonchev–Trinajstić information content (AvgIpc) is 3.40. The summed E-state index contributed by atoms with van der Waals surface area (Å²) in [4.78, 5) is 11.5. The molecule has 0 amide bonds.